The lowest BCUT2D eigenvalue weighted by atomic mass is 10.0. The summed E-state index contributed by atoms with van der Waals surface area (Å²) in [6.45, 7) is 4.62. The molecule has 0 aliphatic carbocycles. The Kier molecular flexibility index (Phi) is 48.7. The molecule has 0 bridgehead atoms. The van der Waals surface area contributed by atoms with E-state index in [0.717, 1.165) is 0 Å². The second-order valence-corrected chi connectivity index (χ2v) is 20.0. The van der Waals surface area contributed by atoms with E-state index < -0.39 is 0 Å². The largest absolute Gasteiger partial charge is 0.361 e. The van der Waals surface area contributed by atoms with Gasteiger partial charge in [-0.15, -0.1) is 0 Å². The molecule has 1 rings (SSSR count). The SMILES string of the molecule is CCCCCCCCCCCCCCCCCCCCCCCCCCC=Cc1cc[nH]c1C=CCCCCCCCCCCCCCCCCCCCCCCCCCC. The van der Waals surface area contributed by atoms with Gasteiger partial charge in [0.25, 0.3) is 0 Å². The Bertz CT molecular complexity index is 907. The van der Waals surface area contributed by atoms with Crippen LogP contribution in [-0.4, -0.2) is 4.98 Å². The Labute approximate surface area is 386 Å². The molecule has 0 atom stereocenters. The first-order valence-electron chi connectivity index (χ1n) is 28.9. The van der Waals surface area contributed by atoms with E-state index in [2.05, 4.69) is 55.4 Å². The predicted octanol–water partition coefficient (Wildman–Crippen LogP) is 22.6. The first-order valence-corrected chi connectivity index (χ1v) is 28.9. The van der Waals surface area contributed by atoms with Gasteiger partial charge >= 0.3 is 0 Å². The monoisotopic (exact) mass is 848 g/mol. The van der Waals surface area contributed by atoms with Crippen molar-refractivity contribution >= 4 is 12.2 Å². The van der Waals surface area contributed by atoms with E-state index in [-0.39, 0.29) is 0 Å². The van der Waals surface area contributed by atoms with Crippen LogP contribution in [0.3, 0.4) is 0 Å². The predicted molar refractivity (Wildman–Crippen MR) is 281 cm³/mol. The van der Waals surface area contributed by atoms with Crippen LogP contribution < -0.4 is 0 Å². The first kappa shape index (κ1) is 57.8. The highest BCUT2D eigenvalue weighted by Crippen LogP contribution is 2.19. The summed E-state index contributed by atoms with van der Waals surface area (Å²) in [7, 11) is 0. The molecule has 0 saturated carbocycles. The van der Waals surface area contributed by atoms with E-state index in [1.54, 1.807) is 0 Å². The molecule has 1 aromatic rings. The highest BCUT2D eigenvalue weighted by Gasteiger charge is 2.00. The van der Waals surface area contributed by atoms with Crippen molar-refractivity contribution in [2.24, 2.45) is 0 Å². The first-order chi connectivity index (χ1) is 30.4. The normalized spacial score (nSPS) is 12.0. The van der Waals surface area contributed by atoms with Crippen molar-refractivity contribution in [3.05, 3.63) is 35.7 Å². The average molecular weight is 849 g/mol. The van der Waals surface area contributed by atoms with Gasteiger partial charge < -0.3 is 4.98 Å². The highest BCUT2D eigenvalue weighted by atomic mass is 14.7. The van der Waals surface area contributed by atoms with E-state index in [1.807, 2.05) is 0 Å². The van der Waals surface area contributed by atoms with Crippen molar-refractivity contribution in [2.45, 2.75) is 335 Å². The Hall–Kier alpha value is -1.24. The number of aromatic amines is 1. The number of rotatable bonds is 52. The summed E-state index contributed by atoms with van der Waals surface area (Å²) in [5.41, 5.74) is 2.63. The highest BCUT2D eigenvalue weighted by molar-refractivity contribution is 5.62. The van der Waals surface area contributed by atoms with Crippen LogP contribution in [0.4, 0.5) is 0 Å². The van der Waals surface area contributed by atoms with Gasteiger partial charge in [0.2, 0.25) is 0 Å². The van der Waals surface area contributed by atoms with Crippen LogP contribution in [0.1, 0.15) is 346 Å². The van der Waals surface area contributed by atoms with Crippen molar-refractivity contribution in [3.63, 3.8) is 0 Å². The number of aromatic nitrogens is 1. The van der Waals surface area contributed by atoms with Gasteiger partial charge in [0.1, 0.15) is 0 Å². The van der Waals surface area contributed by atoms with E-state index in [4.69, 9.17) is 0 Å². The maximum absolute atomic E-state index is 3.46. The Balaban J connectivity index is 1.79. The standard InChI is InChI=1S/C60H113N/c1-3-5-7-9-11-13-15-17-19-21-23-25-27-29-31-33-35-37-39-41-43-45-47-49-51-53-55-59-57-58-61-60(59)56-54-52-50-48-46-44-42-40-38-36-34-32-30-28-26-24-22-20-18-16-14-12-10-8-6-4-2/h53-58,61H,3-52H2,1-2H3. The van der Waals surface area contributed by atoms with Gasteiger partial charge in [-0.25, -0.2) is 0 Å². The van der Waals surface area contributed by atoms with Gasteiger partial charge in [-0.3, -0.25) is 0 Å². The summed E-state index contributed by atoms with van der Waals surface area (Å²) in [5, 5.41) is 0. The second-order valence-electron chi connectivity index (χ2n) is 20.0. The van der Waals surface area contributed by atoms with E-state index in [1.165, 1.54) is 332 Å². The molecule has 0 amide bonds. The summed E-state index contributed by atoms with van der Waals surface area (Å²) in [6, 6.07) is 2.23. The average Bonchev–Trinajstić information content (AvgIpc) is 3.73. The summed E-state index contributed by atoms with van der Waals surface area (Å²) >= 11 is 0. The molecule has 61 heavy (non-hydrogen) atoms. The molecule has 0 aromatic carbocycles. The number of H-pyrrole nitrogens is 1. The Morgan fingerprint density at radius 1 is 0.279 bits per heavy atom. The summed E-state index contributed by atoms with van der Waals surface area (Å²) in [4.78, 5) is 3.46. The zero-order chi connectivity index (χ0) is 43.5. The van der Waals surface area contributed by atoms with Gasteiger partial charge in [0.05, 0.1) is 0 Å². The van der Waals surface area contributed by atoms with Crippen LogP contribution in [0, 0.1) is 0 Å². The lowest BCUT2D eigenvalue weighted by Gasteiger charge is -2.04. The molecular formula is C60H113N. The number of hydrogen-bond donors (Lipinski definition) is 1. The van der Waals surface area contributed by atoms with Crippen LogP contribution in [0.15, 0.2) is 24.4 Å². The third-order valence-corrected chi connectivity index (χ3v) is 13.8. The molecule has 0 spiro atoms. The van der Waals surface area contributed by atoms with Crippen molar-refractivity contribution < 1.29 is 0 Å². The third kappa shape index (κ3) is 45.1. The van der Waals surface area contributed by atoms with Crippen LogP contribution in [0.25, 0.3) is 12.2 Å². The van der Waals surface area contributed by atoms with Gasteiger partial charge in [0, 0.05) is 11.9 Å². The molecular weight excluding hydrogens is 735 g/mol. The summed E-state index contributed by atoms with van der Waals surface area (Å²) in [6.07, 6.45) is 83.9. The van der Waals surface area contributed by atoms with Crippen LogP contribution in [-0.2, 0) is 0 Å². The quantitative estimate of drug-likeness (QED) is 0.0629. The number of hydrogen-bond acceptors (Lipinski definition) is 0. The van der Waals surface area contributed by atoms with E-state index in [9.17, 15) is 0 Å². The van der Waals surface area contributed by atoms with Crippen LogP contribution >= 0.6 is 0 Å². The lowest BCUT2D eigenvalue weighted by molar-refractivity contribution is 0.517. The molecule has 1 nitrogen and oxygen atoms in total. The molecule has 1 heteroatoms. The fourth-order valence-corrected chi connectivity index (χ4v) is 9.54. The minimum Gasteiger partial charge on any atom is -0.361 e. The van der Waals surface area contributed by atoms with E-state index in [0.29, 0.717) is 0 Å². The molecule has 0 fully saturated rings. The van der Waals surface area contributed by atoms with Crippen molar-refractivity contribution in [2.75, 3.05) is 0 Å². The smallest absolute Gasteiger partial charge is 0.0450 e. The van der Waals surface area contributed by atoms with Crippen LogP contribution in [0.2, 0.25) is 0 Å². The van der Waals surface area contributed by atoms with Gasteiger partial charge in [0.15, 0.2) is 0 Å². The number of unbranched alkanes of at least 4 members (excludes halogenated alkanes) is 48. The zero-order valence-corrected chi connectivity index (χ0v) is 42.3. The van der Waals surface area contributed by atoms with Gasteiger partial charge in [-0.1, -0.05) is 327 Å². The molecule has 0 radical (unpaired) electrons. The minimum absolute atomic E-state index is 1.21. The maximum atomic E-state index is 3.46. The number of allylic oxidation sites excluding steroid dienone is 2. The molecule has 1 N–H and O–H groups in total. The summed E-state index contributed by atoms with van der Waals surface area (Å²) in [5.74, 6) is 0. The van der Waals surface area contributed by atoms with Crippen molar-refractivity contribution in [1.29, 1.82) is 0 Å². The minimum atomic E-state index is 1.21. The van der Waals surface area contributed by atoms with Crippen molar-refractivity contribution in [1.82, 2.24) is 4.98 Å². The van der Waals surface area contributed by atoms with Gasteiger partial charge in [-0.05, 0) is 43.4 Å². The molecule has 0 saturated heterocycles. The molecule has 0 aliphatic heterocycles. The lowest BCUT2D eigenvalue weighted by Crippen LogP contribution is -1.84. The zero-order valence-electron chi connectivity index (χ0n) is 42.3. The molecule has 0 aliphatic rings. The third-order valence-electron chi connectivity index (χ3n) is 13.8. The molecule has 0 unspecified atom stereocenters. The Morgan fingerprint density at radius 2 is 0.492 bits per heavy atom. The molecule has 1 aromatic heterocycles. The Morgan fingerprint density at radius 3 is 0.738 bits per heavy atom. The number of nitrogens with one attached hydrogen (secondary N) is 1. The maximum Gasteiger partial charge on any atom is 0.0450 e. The summed E-state index contributed by atoms with van der Waals surface area (Å²) < 4.78 is 0. The molecule has 1 heterocycles. The van der Waals surface area contributed by atoms with E-state index >= 15 is 0 Å². The molecule has 358 valence electrons. The fourth-order valence-electron chi connectivity index (χ4n) is 9.54. The second kappa shape index (κ2) is 51.4. The van der Waals surface area contributed by atoms with Crippen LogP contribution in [0.5, 0.6) is 0 Å². The van der Waals surface area contributed by atoms with Crippen molar-refractivity contribution in [3.8, 4) is 0 Å². The topological polar surface area (TPSA) is 15.8 Å². The fraction of sp³-hybridized carbons (Fsp3) is 0.867. The van der Waals surface area contributed by atoms with Gasteiger partial charge in [-0.2, -0.15) is 0 Å².